The van der Waals surface area contributed by atoms with E-state index in [1.807, 2.05) is 0 Å². The lowest BCUT2D eigenvalue weighted by Crippen LogP contribution is -2.61. The molecule has 0 saturated carbocycles. The Balaban J connectivity index is 0.00000231. The van der Waals surface area contributed by atoms with Gasteiger partial charge in [0.15, 0.2) is 0 Å². The van der Waals surface area contributed by atoms with Gasteiger partial charge in [-0.15, -0.1) is 5.10 Å². The number of anilines is 3. The zero-order chi connectivity index (χ0) is 20.5. The van der Waals surface area contributed by atoms with Gasteiger partial charge in [-0.25, -0.2) is 9.07 Å². The third kappa shape index (κ3) is 4.01. The summed E-state index contributed by atoms with van der Waals surface area (Å²) in [6.07, 6.45) is 1.58. The van der Waals surface area contributed by atoms with E-state index in [2.05, 4.69) is 50.3 Å². The molecular weight excluding hydrogens is 383 g/mol. The van der Waals surface area contributed by atoms with Crippen LogP contribution in [0.25, 0.3) is 5.69 Å². The van der Waals surface area contributed by atoms with Gasteiger partial charge in [0.25, 0.3) is 0 Å². The van der Waals surface area contributed by atoms with Crippen molar-refractivity contribution >= 4 is 17.3 Å². The summed E-state index contributed by atoms with van der Waals surface area (Å²) in [7, 11) is 0. The Morgan fingerprint density at radius 1 is 1.10 bits per heavy atom. The third-order valence-corrected chi connectivity index (χ3v) is 5.67. The van der Waals surface area contributed by atoms with Gasteiger partial charge in [-0.05, 0) is 48.9 Å². The summed E-state index contributed by atoms with van der Waals surface area (Å²) in [5.74, 6) is 0.177. The van der Waals surface area contributed by atoms with Gasteiger partial charge in [0.05, 0.1) is 18.9 Å². The minimum Gasteiger partial charge on any atom is -0.379 e. The molecule has 7 nitrogen and oxygen atoms in total. The standard InChI is InChI=1S/C22H25FN6O.H2/c1-16-9-18(25-22-24-15-29(26-22)19-4-2-3-17(23)11-19)12-20(10-16)28-13-21(14-28)27-5-7-30-8-6-27;/h2-4,9-12,15,21H,5-8,13-14H2,1H3,(H,25,26);1H. The lowest BCUT2D eigenvalue weighted by atomic mass is 10.0. The van der Waals surface area contributed by atoms with Crippen LogP contribution in [0.2, 0.25) is 0 Å². The second-order valence-corrected chi connectivity index (χ2v) is 7.88. The van der Waals surface area contributed by atoms with Crippen LogP contribution in [-0.2, 0) is 4.74 Å². The Kier molecular flexibility index (Phi) is 5.10. The van der Waals surface area contributed by atoms with Gasteiger partial charge in [-0.1, -0.05) is 6.07 Å². The predicted octanol–water partition coefficient (Wildman–Crippen LogP) is 3.23. The lowest BCUT2D eigenvalue weighted by molar-refractivity contribution is 0.0105. The molecule has 3 aromatic rings. The van der Waals surface area contributed by atoms with Gasteiger partial charge in [-0.3, -0.25) is 4.90 Å². The summed E-state index contributed by atoms with van der Waals surface area (Å²) >= 11 is 0. The van der Waals surface area contributed by atoms with Crippen molar-refractivity contribution in [1.82, 2.24) is 19.7 Å². The summed E-state index contributed by atoms with van der Waals surface area (Å²) in [4.78, 5) is 9.24. The molecule has 0 radical (unpaired) electrons. The average Bonchev–Trinajstić information content (AvgIpc) is 3.16. The molecule has 0 spiro atoms. The first-order chi connectivity index (χ1) is 14.6. The predicted molar refractivity (Wildman–Crippen MR) is 116 cm³/mol. The number of morpholine rings is 1. The fraction of sp³-hybridized carbons (Fsp3) is 0.364. The van der Waals surface area contributed by atoms with Crippen molar-refractivity contribution in [2.45, 2.75) is 13.0 Å². The molecule has 0 bridgehead atoms. The van der Waals surface area contributed by atoms with E-state index in [1.165, 1.54) is 23.4 Å². The van der Waals surface area contributed by atoms with Gasteiger partial charge in [0.2, 0.25) is 5.95 Å². The van der Waals surface area contributed by atoms with Crippen LogP contribution in [0.1, 0.15) is 6.99 Å². The van der Waals surface area contributed by atoms with Gasteiger partial charge >= 0.3 is 0 Å². The minimum absolute atomic E-state index is 0. The number of nitrogens with zero attached hydrogens (tertiary/aromatic N) is 5. The maximum atomic E-state index is 13.5. The number of nitrogens with one attached hydrogen (secondary N) is 1. The van der Waals surface area contributed by atoms with Gasteiger partial charge in [0.1, 0.15) is 12.1 Å². The smallest absolute Gasteiger partial charge is 0.246 e. The monoisotopic (exact) mass is 410 g/mol. The topological polar surface area (TPSA) is 58.5 Å². The molecule has 0 atom stereocenters. The van der Waals surface area contributed by atoms with E-state index in [4.69, 9.17) is 4.74 Å². The van der Waals surface area contributed by atoms with Crippen LogP contribution in [0.5, 0.6) is 0 Å². The molecule has 2 fully saturated rings. The van der Waals surface area contributed by atoms with Crippen molar-refractivity contribution in [3.8, 4) is 5.69 Å². The molecule has 3 heterocycles. The fourth-order valence-corrected chi connectivity index (χ4v) is 4.05. The molecule has 2 aromatic carbocycles. The number of aromatic nitrogens is 3. The van der Waals surface area contributed by atoms with Crippen molar-refractivity contribution in [1.29, 1.82) is 0 Å². The minimum atomic E-state index is -0.300. The highest BCUT2D eigenvalue weighted by molar-refractivity contribution is 5.65. The van der Waals surface area contributed by atoms with E-state index in [0.29, 0.717) is 17.7 Å². The third-order valence-electron chi connectivity index (χ3n) is 5.67. The van der Waals surface area contributed by atoms with E-state index >= 15 is 0 Å². The van der Waals surface area contributed by atoms with Crippen LogP contribution >= 0.6 is 0 Å². The molecule has 1 N–H and O–H groups in total. The van der Waals surface area contributed by atoms with Gasteiger partial charge in [0, 0.05) is 45.0 Å². The molecule has 1 aromatic heterocycles. The Bertz CT molecular complexity index is 1030. The molecule has 5 rings (SSSR count). The highest BCUT2D eigenvalue weighted by atomic mass is 19.1. The highest BCUT2D eigenvalue weighted by Gasteiger charge is 2.32. The van der Waals surface area contributed by atoms with E-state index < -0.39 is 0 Å². The first kappa shape index (κ1) is 19.0. The first-order valence-corrected chi connectivity index (χ1v) is 10.3. The number of benzene rings is 2. The van der Waals surface area contributed by atoms with E-state index in [-0.39, 0.29) is 7.24 Å². The lowest BCUT2D eigenvalue weighted by Gasteiger charge is -2.47. The zero-order valence-electron chi connectivity index (χ0n) is 17.0. The number of halogens is 1. The summed E-state index contributed by atoms with van der Waals surface area (Å²) in [6, 6.07) is 13.3. The van der Waals surface area contributed by atoms with Crippen LogP contribution < -0.4 is 10.2 Å². The molecule has 158 valence electrons. The normalized spacial score (nSPS) is 17.7. The van der Waals surface area contributed by atoms with Gasteiger partial charge in [-0.2, -0.15) is 4.98 Å². The first-order valence-electron chi connectivity index (χ1n) is 10.3. The SMILES string of the molecule is Cc1cc(Nc2ncn(-c3cccc(F)c3)n2)cc(N2CC(N3CCOCC3)C2)c1.[HH]. The molecule has 2 saturated heterocycles. The van der Waals surface area contributed by atoms with Crippen molar-refractivity contribution in [2.24, 2.45) is 0 Å². The van der Waals surface area contributed by atoms with E-state index in [9.17, 15) is 4.39 Å². The molecule has 30 heavy (non-hydrogen) atoms. The number of hydrogen-bond acceptors (Lipinski definition) is 6. The van der Waals surface area contributed by atoms with Crippen LogP contribution in [0.3, 0.4) is 0 Å². The second kappa shape index (κ2) is 8.04. The second-order valence-electron chi connectivity index (χ2n) is 7.88. The van der Waals surface area contributed by atoms with E-state index in [1.54, 1.807) is 23.1 Å². The summed E-state index contributed by atoms with van der Waals surface area (Å²) < 4.78 is 20.5. The zero-order valence-corrected chi connectivity index (χ0v) is 17.0. The van der Waals surface area contributed by atoms with Crippen molar-refractivity contribution in [3.05, 3.63) is 60.2 Å². The molecule has 2 aliphatic heterocycles. The summed E-state index contributed by atoms with van der Waals surface area (Å²) in [5.41, 5.74) is 3.95. The average molecular weight is 410 g/mol. The Morgan fingerprint density at radius 2 is 1.93 bits per heavy atom. The molecular formula is C22H27FN6O. The van der Waals surface area contributed by atoms with Crippen LogP contribution in [0.15, 0.2) is 48.8 Å². The number of ether oxygens (including phenoxy) is 1. The summed E-state index contributed by atoms with van der Waals surface area (Å²) in [6.45, 7) is 7.89. The fourth-order valence-electron chi connectivity index (χ4n) is 4.05. The maximum absolute atomic E-state index is 13.5. The molecule has 0 aliphatic carbocycles. The Morgan fingerprint density at radius 3 is 2.73 bits per heavy atom. The van der Waals surface area contributed by atoms with E-state index in [0.717, 1.165) is 45.1 Å². The van der Waals surface area contributed by atoms with Crippen molar-refractivity contribution in [3.63, 3.8) is 0 Å². The number of hydrogen-bond donors (Lipinski definition) is 1. The quantitative estimate of drug-likeness (QED) is 0.697. The molecule has 2 aliphatic rings. The number of aryl methyl sites for hydroxylation is 1. The van der Waals surface area contributed by atoms with Crippen LogP contribution in [0, 0.1) is 12.7 Å². The van der Waals surface area contributed by atoms with Crippen LogP contribution in [0.4, 0.5) is 21.7 Å². The maximum Gasteiger partial charge on any atom is 0.246 e. The molecule has 0 amide bonds. The Labute approximate surface area is 176 Å². The summed E-state index contributed by atoms with van der Waals surface area (Å²) in [5, 5.41) is 7.70. The number of rotatable bonds is 5. The highest BCUT2D eigenvalue weighted by Crippen LogP contribution is 2.29. The van der Waals surface area contributed by atoms with Gasteiger partial charge < -0.3 is 15.0 Å². The molecule has 8 heteroatoms. The van der Waals surface area contributed by atoms with Crippen molar-refractivity contribution < 1.29 is 10.6 Å². The largest absolute Gasteiger partial charge is 0.379 e. The molecule has 0 unspecified atom stereocenters. The van der Waals surface area contributed by atoms with Crippen LogP contribution in [-0.4, -0.2) is 65.1 Å². The van der Waals surface area contributed by atoms with Crippen molar-refractivity contribution in [2.75, 3.05) is 49.6 Å². The Hall–Kier alpha value is -2.97.